The zero-order chi connectivity index (χ0) is 8.27. The molecule has 0 radical (unpaired) electrons. The first-order valence-electron chi connectivity index (χ1n) is 3.08. The standard InChI is InChI=1S/C7H9N3S/c1-11-5-2-3-10-6(4-5)7(8)9/h2-4H,1H3,(H3,8,9). The first-order chi connectivity index (χ1) is 5.24. The SMILES string of the molecule is CSc1ccnc(C(=N)N)c1. The van der Waals surface area contributed by atoms with Gasteiger partial charge in [-0.25, -0.2) is 0 Å². The molecule has 1 aromatic heterocycles. The predicted molar refractivity (Wildman–Crippen MR) is 47.0 cm³/mol. The molecule has 0 saturated heterocycles. The van der Waals surface area contributed by atoms with Crippen LogP contribution in [0.3, 0.4) is 0 Å². The molecule has 58 valence electrons. The van der Waals surface area contributed by atoms with E-state index in [4.69, 9.17) is 11.1 Å². The van der Waals surface area contributed by atoms with Crippen LogP contribution in [0, 0.1) is 5.41 Å². The molecule has 4 heteroatoms. The molecule has 3 N–H and O–H groups in total. The molecular formula is C7H9N3S. The highest BCUT2D eigenvalue weighted by Gasteiger charge is 1.97. The van der Waals surface area contributed by atoms with Crippen molar-refractivity contribution < 1.29 is 0 Å². The highest BCUT2D eigenvalue weighted by atomic mass is 32.2. The van der Waals surface area contributed by atoms with Gasteiger partial charge in [-0.05, 0) is 18.4 Å². The van der Waals surface area contributed by atoms with Crippen molar-refractivity contribution in [1.82, 2.24) is 4.98 Å². The Morgan fingerprint density at radius 3 is 3.00 bits per heavy atom. The molecule has 0 unspecified atom stereocenters. The maximum absolute atomic E-state index is 7.11. The Morgan fingerprint density at radius 2 is 2.45 bits per heavy atom. The molecule has 1 heterocycles. The normalized spacial score (nSPS) is 9.55. The Morgan fingerprint density at radius 1 is 1.73 bits per heavy atom. The number of amidine groups is 1. The minimum Gasteiger partial charge on any atom is -0.382 e. The van der Waals surface area contributed by atoms with Gasteiger partial charge in [0, 0.05) is 11.1 Å². The first kappa shape index (κ1) is 8.07. The molecule has 0 aliphatic heterocycles. The van der Waals surface area contributed by atoms with Crippen LogP contribution < -0.4 is 5.73 Å². The Hall–Kier alpha value is -1.03. The molecule has 0 saturated carbocycles. The Kier molecular flexibility index (Phi) is 2.48. The van der Waals surface area contributed by atoms with Gasteiger partial charge in [0.2, 0.25) is 0 Å². The van der Waals surface area contributed by atoms with E-state index in [2.05, 4.69) is 4.98 Å². The van der Waals surface area contributed by atoms with Crippen LogP contribution in [0.2, 0.25) is 0 Å². The van der Waals surface area contributed by atoms with Crippen LogP contribution in [0.5, 0.6) is 0 Å². The summed E-state index contributed by atoms with van der Waals surface area (Å²) < 4.78 is 0. The summed E-state index contributed by atoms with van der Waals surface area (Å²) in [5.41, 5.74) is 5.79. The van der Waals surface area contributed by atoms with Gasteiger partial charge in [0.1, 0.15) is 11.5 Å². The van der Waals surface area contributed by atoms with E-state index in [0.717, 1.165) is 4.90 Å². The molecule has 3 nitrogen and oxygen atoms in total. The molecule has 0 bridgehead atoms. The van der Waals surface area contributed by atoms with Crippen LogP contribution in [0.4, 0.5) is 0 Å². The van der Waals surface area contributed by atoms with Crippen LogP contribution >= 0.6 is 11.8 Å². The first-order valence-corrected chi connectivity index (χ1v) is 4.31. The lowest BCUT2D eigenvalue weighted by atomic mass is 10.3. The molecule has 0 aromatic carbocycles. The summed E-state index contributed by atoms with van der Waals surface area (Å²) in [6, 6.07) is 3.68. The van der Waals surface area contributed by atoms with Gasteiger partial charge in [-0.1, -0.05) is 0 Å². The monoisotopic (exact) mass is 167 g/mol. The average molecular weight is 167 g/mol. The largest absolute Gasteiger partial charge is 0.382 e. The van der Waals surface area contributed by atoms with Gasteiger partial charge in [0.15, 0.2) is 0 Å². The Balaban J connectivity index is 3.01. The van der Waals surface area contributed by atoms with Crippen LogP contribution in [-0.2, 0) is 0 Å². The number of thioether (sulfide) groups is 1. The third kappa shape index (κ3) is 1.94. The zero-order valence-electron chi connectivity index (χ0n) is 6.16. The fourth-order valence-electron chi connectivity index (χ4n) is 0.685. The second kappa shape index (κ2) is 3.39. The summed E-state index contributed by atoms with van der Waals surface area (Å²) in [6.45, 7) is 0. The topological polar surface area (TPSA) is 62.8 Å². The molecule has 0 spiro atoms. The van der Waals surface area contributed by atoms with E-state index in [0.29, 0.717) is 5.69 Å². The number of hydrogen-bond acceptors (Lipinski definition) is 3. The number of rotatable bonds is 2. The van der Waals surface area contributed by atoms with Gasteiger partial charge in [-0.2, -0.15) is 0 Å². The Labute approximate surface area is 69.5 Å². The van der Waals surface area contributed by atoms with Crippen molar-refractivity contribution in [3.63, 3.8) is 0 Å². The van der Waals surface area contributed by atoms with E-state index in [9.17, 15) is 0 Å². The lowest BCUT2D eigenvalue weighted by Crippen LogP contribution is -2.12. The van der Waals surface area contributed by atoms with Crippen LogP contribution in [0.25, 0.3) is 0 Å². The number of hydrogen-bond donors (Lipinski definition) is 2. The molecule has 11 heavy (non-hydrogen) atoms. The van der Waals surface area contributed by atoms with Gasteiger partial charge in [0.25, 0.3) is 0 Å². The second-order valence-corrected chi connectivity index (χ2v) is 2.87. The molecule has 1 rings (SSSR count). The summed E-state index contributed by atoms with van der Waals surface area (Å²) in [7, 11) is 0. The van der Waals surface area contributed by atoms with E-state index < -0.39 is 0 Å². The van der Waals surface area contributed by atoms with Crippen molar-refractivity contribution in [2.45, 2.75) is 4.90 Å². The second-order valence-electron chi connectivity index (χ2n) is 1.99. The number of pyridine rings is 1. The van der Waals surface area contributed by atoms with Gasteiger partial charge >= 0.3 is 0 Å². The van der Waals surface area contributed by atoms with Gasteiger partial charge in [0.05, 0.1) is 0 Å². The van der Waals surface area contributed by atoms with Crippen molar-refractivity contribution in [3.05, 3.63) is 24.0 Å². The number of nitrogens with one attached hydrogen (secondary N) is 1. The number of nitrogen functional groups attached to an aromatic ring is 1. The van der Waals surface area contributed by atoms with Gasteiger partial charge in [-0.15, -0.1) is 11.8 Å². The van der Waals surface area contributed by atoms with Crippen molar-refractivity contribution in [1.29, 1.82) is 5.41 Å². The highest BCUT2D eigenvalue weighted by Crippen LogP contribution is 2.13. The van der Waals surface area contributed by atoms with Crippen molar-refractivity contribution >= 4 is 17.6 Å². The van der Waals surface area contributed by atoms with Gasteiger partial charge in [-0.3, -0.25) is 10.4 Å². The smallest absolute Gasteiger partial charge is 0.141 e. The molecule has 0 atom stereocenters. The minimum atomic E-state index is 0.0147. The predicted octanol–water partition coefficient (Wildman–Crippen LogP) is 1.09. The van der Waals surface area contributed by atoms with E-state index in [1.54, 1.807) is 24.0 Å². The molecular weight excluding hydrogens is 158 g/mol. The van der Waals surface area contributed by atoms with Crippen LogP contribution in [0.1, 0.15) is 5.69 Å². The van der Waals surface area contributed by atoms with E-state index in [1.165, 1.54) is 0 Å². The summed E-state index contributed by atoms with van der Waals surface area (Å²) >= 11 is 1.61. The van der Waals surface area contributed by atoms with Crippen LogP contribution in [-0.4, -0.2) is 17.1 Å². The average Bonchev–Trinajstić information content (AvgIpc) is 2.05. The summed E-state index contributed by atoms with van der Waals surface area (Å²) in [5.74, 6) is 0.0147. The van der Waals surface area contributed by atoms with Gasteiger partial charge < -0.3 is 5.73 Å². The maximum atomic E-state index is 7.11. The van der Waals surface area contributed by atoms with E-state index >= 15 is 0 Å². The highest BCUT2D eigenvalue weighted by molar-refractivity contribution is 7.98. The van der Waals surface area contributed by atoms with E-state index in [1.807, 2.05) is 12.3 Å². The zero-order valence-corrected chi connectivity index (χ0v) is 6.98. The fourth-order valence-corrected chi connectivity index (χ4v) is 1.11. The minimum absolute atomic E-state index is 0.0147. The number of aromatic nitrogens is 1. The van der Waals surface area contributed by atoms with Crippen molar-refractivity contribution in [2.75, 3.05) is 6.26 Å². The van der Waals surface area contributed by atoms with Crippen molar-refractivity contribution in [3.8, 4) is 0 Å². The number of nitrogens with two attached hydrogens (primary N) is 1. The van der Waals surface area contributed by atoms with E-state index in [-0.39, 0.29) is 5.84 Å². The summed E-state index contributed by atoms with van der Waals surface area (Å²) in [5, 5.41) is 7.11. The molecule has 1 aromatic rings. The summed E-state index contributed by atoms with van der Waals surface area (Å²) in [4.78, 5) is 5.00. The Bertz CT molecular complexity index is 272. The lowest BCUT2D eigenvalue weighted by molar-refractivity contribution is 1.21. The number of nitrogens with zero attached hydrogens (tertiary/aromatic N) is 1. The summed E-state index contributed by atoms with van der Waals surface area (Å²) in [6.07, 6.45) is 3.63. The third-order valence-electron chi connectivity index (χ3n) is 1.24. The molecule has 0 amide bonds. The molecule has 0 aliphatic carbocycles. The molecule has 0 aliphatic rings. The lowest BCUT2D eigenvalue weighted by Gasteiger charge is -1.98. The van der Waals surface area contributed by atoms with Crippen molar-refractivity contribution in [2.24, 2.45) is 5.73 Å². The maximum Gasteiger partial charge on any atom is 0.141 e. The molecule has 0 fully saturated rings. The quantitative estimate of drug-likeness (QED) is 0.393. The van der Waals surface area contributed by atoms with Crippen LogP contribution in [0.15, 0.2) is 23.2 Å². The third-order valence-corrected chi connectivity index (χ3v) is 1.97. The fraction of sp³-hybridized carbons (Fsp3) is 0.143.